The Balaban J connectivity index is 1.18. The zero-order valence-corrected chi connectivity index (χ0v) is 21.7. The van der Waals surface area contributed by atoms with Crippen molar-refractivity contribution in [1.29, 1.82) is 0 Å². The van der Waals surface area contributed by atoms with Crippen LogP contribution in [-0.4, -0.2) is 37.4 Å². The number of carbonyl (C=O) groups excluding carboxylic acids is 1. The molecule has 1 saturated heterocycles. The molecule has 1 aromatic carbocycles. The maximum Gasteiger partial charge on any atom is 0.309 e. The minimum atomic E-state index is -0.0826. The molecule has 3 aliphatic carbocycles. The van der Waals surface area contributed by atoms with Crippen LogP contribution in [0.25, 0.3) is 0 Å². The average molecular weight is 470 g/mol. The number of rotatable bonds is 7. The Morgan fingerprint density at radius 1 is 1.03 bits per heavy atom. The van der Waals surface area contributed by atoms with Crippen LogP contribution in [0, 0.1) is 22.7 Å². The van der Waals surface area contributed by atoms with Crippen LogP contribution in [0.5, 0.6) is 11.5 Å². The number of esters is 1. The molecule has 0 amide bonds. The van der Waals surface area contributed by atoms with Crippen LogP contribution in [-0.2, 0) is 16.0 Å². The summed E-state index contributed by atoms with van der Waals surface area (Å²) in [6.45, 7) is 10.4. The summed E-state index contributed by atoms with van der Waals surface area (Å²) in [5, 5.41) is 4.15. The predicted molar refractivity (Wildman–Crippen MR) is 133 cm³/mol. The maximum atomic E-state index is 11.8. The fourth-order valence-corrected chi connectivity index (χ4v) is 8.01. The van der Waals surface area contributed by atoms with E-state index in [2.05, 4.69) is 39.1 Å². The van der Waals surface area contributed by atoms with Gasteiger partial charge in [-0.1, -0.05) is 33.8 Å². The maximum absolute atomic E-state index is 11.8. The number of methoxy groups -OCH3 is 1. The number of hydrogen-bond acceptors (Lipinski definition) is 5. The van der Waals surface area contributed by atoms with Gasteiger partial charge in [-0.05, 0) is 92.2 Å². The fourth-order valence-electron chi connectivity index (χ4n) is 8.01. The Labute approximate surface area is 205 Å². The Bertz CT molecular complexity index is 897. The Morgan fingerprint density at radius 2 is 1.74 bits per heavy atom. The molecule has 1 heterocycles. The van der Waals surface area contributed by atoms with Gasteiger partial charge in [-0.2, -0.15) is 0 Å². The Kier molecular flexibility index (Phi) is 6.15. The van der Waals surface area contributed by atoms with Gasteiger partial charge >= 0.3 is 5.97 Å². The molecule has 2 bridgehead atoms. The quantitative estimate of drug-likeness (QED) is 0.520. The van der Waals surface area contributed by atoms with Crippen molar-refractivity contribution in [2.45, 2.75) is 103 Å². The van der Waals surface area contributed by atoms with E-state index in [9.17, 15) is 4.79 Å². The molecule has 3 saturated carbocycles. The normalized spacial score (nSPS) is 35.9. The van der Waals surface area contributed by atoms with Gasteiger partial charge in [-0.3, -0.25) is 4.79 Å². The third-order valence-corrected chi connectivity index (χ3v) is 8.65. The lowest BCUT2D eigenvalue weighted by molar-refractivity contribution is -0.141. The van der Waals surface area contributed by atoms with E-state index >= 15 is 0 Å². The average Bonchev–Trinajstić information content (AvgIpc) is 3.08. The summed E-state index contributed by atoms with van der Waals surface area (Å²) in [6, 6.07) is 6.62. The van der Waals surface area contributed by atoms with Gasteiger partial charge in [0.05, 0.1) is 19.6 Å². The van der Waals surface area contributed by atoms with Crippen molar-refractivity contribution in [3.63, 3.8) is 0 Å². The fraction of sp³-hybridized carbons (Fsp3) is 0.759. The number of ether oxygens (including phenoxy) is 3. The van der Waals surface area contributed by atoms with E-state index < -0.39 is 0 Å². The number of cyclic esters (lactones) is 1. The largest absolute Gasteiger partial charge is 0.493 e. The van der Waals surface area contributed by atoms with E-state index in [4.69, 9.17) is 14.2 Å². The van der Waals surface area contributed by atoms with E-state index in [0.29, 0.717) is 29.9 Å². The molecule has 1 aliphatic heterocycles. The number of hydrogen-bond donors (Lipinski definition) is 1. The third-order valence-electron chi connectivity index (χ3n) is 8.65. The summed E-state index contributed by atoms with van der Waals surface area (Å²) in [7, 11) is 1.69. The van der Waals surface area contributed by atoms with E-state index in [1.165, 1.54) is 32.1 Å². The topological polar surface area (TPSA) is 56.8 Å². The first-order chi connectivity index (χ1) is 16.0. The molecule has 0 spiro atoms. The highest BCUT2D eigenvalue weighted by molar-refractivity contribution is 5.74. The van der Waals surface area contributed by atoms with Crippen LogP contribution < -0.4 is 14.8 Å². The number of carbonyl (C=O) groups is 1. The molecule has 1 unspecified atom stereocenters. The van der Waals surface area contributed by atoms with Crippen molar-refractivity contribution in [3.05, 3.63) is 23.8 Å². The Morgan fingerprint density at radius 3 is 2.35 bits per heavy atom. The summed E-state index contributed by atoms with van der Waals surface area (Å²) >= 11 is 0. The van der Waals surface area contributed by atoms with Crippen LogP contribution in [0.3, 0.4) is 0 Å². The van der Waals surface area contributed by atoms with Crippen LogP contribution in [0.1, 0.15) is 84.6 Å². The molecule has 0 aromatic heterocycles. The summed E-state index contributed by atoms with van der Waals surface area (Å²) < 4.78 is 17.1. The first kappa shape index (κ1) is 24.0. The van der Waals surface area contributed by atoms with Gasteiger partial charge in [-0.15, -0.1) is 0 Å². The van der Waals surface area contributed by atoms with Crippen molar-refractivity contribution in [2.24, 2.45) is 22.7 Å². The van der Waals surface area contributed by atoms with E-state index in [-0.39, 0.29) is 23.5 Å². The van der Waals surface area contributed by atoms with Crippen molar-refractivity contribution in [1.82, 2.24) is 5.32 Å². The van der Waals surface area contributed by atoms with E-state index in [1.54, 1.807) is 7.11 Å². The van der Waals surface area contributed by atoms with Gasteiger partial charge in [0.15, 0.2) is 11.5 Å². The molecule has 1 aromatic rings. The molecular formula is C29H43NO4. The van der Waals surface area contributed by atoms with E-state index in [0.717, 1.165) is 42.2 Å². The number of fused-ring (bicyclic) bond motifs is 2. The summed E-state index contributed by atoms with van der Waals surface area (Å²) in [5.74, 6) is 2.29. The van der Waals surface area contributed by atoms with Gasteiger partial charge in [-0.25, -0.2) is 0 Å². The van der Waals surface area contributed by atoms with Gasteiger partial charge in [0.1, 0.15) is 6.10 Å². The molecule has 188 valence electrons. The SMILES string of the molecule is COc1cc(CC2CCOC2=O)ccc1OC1CC(NC23CC(CC(C)(C)C2)CC(C)(C)C3)C1. The van der Waals surface area contributed by atoms with Crippen LogP contribution >= 0.6 is 0 Å². The van der Waals surface area contributed by atoms with Gasteiger partial charge in [0.2, 0.25) is 0 Å². The predicted octanol–water partition coefficient (Wildman–Crippen LogP) is 5.69. The molecule has 5 rings (SSSR count). The molecule has 34 heavy (non-hydrogen) atoms. The molecule has 5 heteroatoms. The Hall–Kier alpha value is -1.75. The highest BCUT2D eigenvalue weighted by Gasteiger charge is 2.52. The molecule has 0 radical (unpaired) electrons. The van der Waals surface area contributed by atoms with E-state index in [1.807, 2.05) is 12.1 Å². The molecule has 4 fully saturated rings. The second kappa shape index (κ2) is 8.72. The van der Waals surface area contributed by atoms with Crippen LogP contribution in [0.2, 0.25) is 0 Å². The number of nitrogens with one attached hydrogen (secondary N) is 1. The summed E-state index contributed by atoms with van der Waals surface area (Å²) in [4.78, 5) is 11.8. The van der Waals surface area contributed by atoms with Gasteiger partial charge < -0.3 is 19.5 Å². The van der Waals surface area contributed by atoms with Crippen LogP contribution in [0.15, 0.2) is 18.2 Å². The standard InChI is InChI=1S/C29H43NO4/c1-27(2)14-20-15-28(3,4)18-29(16-20,17-27)30-22-12-23(13-22)34-24-7-6-19(11-25(24)32-5)10-21-8-9-33-26(21)31/h6-7,11,20-23,30H,8-10,12-18H2,1-5H3. The minimum absolute atomic E-state index is 0.0385. The van der Waals surface area contributed by atoms with Crippen LogP contribution in [0.4, 0.5) is 0 Å². The van der Waals surface area contributed by atoms with Crippen molar-refractivity contribution in [3.8, 4) is 11.5 Å². The second-order valence-corrected chi connectivity index (χ2v) is 13.3. The van der Waals surface area contributed by atoms with Gasteiger partial charge in [0.25, 0.3) is 0 Å². The molecular weight excluding hydrogens is 426 g/mol. The lowest BCUT2D eigenvalue weighted by atomic mass is 9.52. The minimum Gasteiger partial charge on any atom is -0.493 e. The first-order valence-electron chi connectivity index (χ1n) is 13.3. The zero-order chi connectivity index (χ0) is 24.1. The zero-order valence-electron chi connectivity index (χ0n) is 21.7. The second-order valence-electron chi connectivity index (χ2n) is 13.3. The smallest absolute Gasteiger partial charge is 0.309 e. The summed E-state index contributed by atoms with van der Waals surface area (Å²) in [6.07, 6.45) is 10.5. The highest BCUT2D eigenvalue weighted by atomic mass is 16.5. The van der Waals surface area contributed by atoms with Crippen molar-refractivity contribution < 1.29 is 19.0 Å². The van der Waals surface area contributed by atoms with Gasteiger partial charge in [0, 0.05) is 11.6 Å². The molecule has 1 atom stereocenters. The van der Waals surface area contributed by atoms with Crippen molar-refractivity contribution >= 4 is 5.97 Å². The monoisotopic (exact) mass is 469 g/mol. The highest BCUT2D eigenvalue weighted by Crippen LogP contribution is 2.56. The third kappa shape index (κ3) is 5.10. The molecule has 4 aliphatic rings. The lowest BCUT2D eigenvalue weighted by Crippen LogP contribution is -2.63. The van der Waals surface area contributed by atoms with Crippen molar-refractivity contribution in [2.75, 3.05) is 13.7 Å². The molecule has 5 nitrogen and oxygen atoms in total. The molecule has 1 N–H and O–H groups in total. The first-order valence-corrected chi connectivity index (χ1v) is 13.3. The summed E-state index contributed by atoms with van der Waals surface area (Å²) in [5.41, 5.74) is 2.23. The lowest BCUT2D eigenvalue weighted by Gasteiger charge is -2.58. The number of benzene rings is 1.